The van der Waals surface area contributed by atoms with E-state index in [2.05, 4.69) is 10.4 Å². The number of carbonyl (C=O) groups excluding carboxylic acids is 2. The highest BCUT2D eigenvalue weighted by atomic mass is 16.5. The molecule has 2 aliphatic heterocycles. The number of nitrogens with zero attached hydrogens (tertiary/aromatic N) is 4. The van der Waals surface area contributed by atoms with Crippen LogP contribution in [0.25, 0.3) is 0 Å². The number of anilines is 1. The Morgan fingerprint density at radius 1 is 1.21 bits per heavy atom. The van der Waals surface area contributed by atoms with E-state index in [4.69, 9.17) is 4.74 Å². The third-order valence-corrected chi connectivity index (χ3v) is 5.99. The van der Waals surface area contributed by atoms with E-state index in [-0.39, 0.29) is 24.1 Å². The second-order valence-corrected chi connectivity index (χ2v) is 8.97. The molecule has 8 heteroatoms. The lowest BCUT2D eigenvalue weighted by atomic mass is 9.94. The Balaban J connectivity index is 1.29. The molecule has 2 saturated heterocycles. The fourth-order valence-electron chi connectivity index (χ4n) is 4.33. The monoisotopic (exact) mass is 389 g/mol. The van der Waals surface area contributed by atoms with Gasteiger partial charge in [-0.15, -0.1) is 0 Å². The van der Waals surface area contributed by atoms with Crippen LogP contribution >= 0.6 is 0 Å². The van der Waals surface area contributed by atoms with Gasteiger partial charge >= 0.3 is 6.03 Å². The van der Waals surface area contributed by atoms with E-state index in [9.17, 15) is 9.59 Å². The van der Waals surface area contributed by atoms with Crippen LogP contribution in [0.5, 0.6) is 0 Å². The molecule has 1 saturated carbocycles. The maximum absolute atomic E-state index is 12.6. The van der Waals surface area contributed by atoms with Crippen molar-refractivity contribution in [1.29, 1.82) is 0 Å². The second kappa shape index (κ2) is 7.73. The minimum atomic E-state index is -0.316. The predicted molar refractivity (Wildman–Crippen MR) is 105 cm³/mol. The molecule has 0 spiro atoms. The normalized spacial score (nSPS) is 24.9. The van der Waals surface area contributed by atoms with Gasteiger partial charge in [0.2, 0.25) is 5.91 Å². The Morgan fingerprint density at radius 3 is 2.79 bits per heavy atom. The number of rotatable bonds is 4. The van der Waals surface area contributed by atoms with E-state index in [0.717, 1.165) is 25.4 Å². The first-order chi connectivity index (χ1) is 13.4. The van der Waals surface area contributed by atoms with Crippen LogP contribution in [-0.2, 0) is 16.1 Å². The van der Waals surface area contributed by atoms with Crippen molar-refractivity contribution in [1.82, 2.24) is 19.6 Å². The zero-order chi connectivity index (χ0) is 19.7. The molecule has 1 atom stereocenters. The first-order valence-electron chi connectivity index (χ1n) is 10.4. The lowest BCUT2D eigenvalue weighted by molar-refractivity contribution is -0.146. The number of hydrogen-bond acceptors (Lipinski definition) is 4. The molecule has 28 heavy (non-hydrogen) atoms. The molecule has 1 unspecified atom stereocenters. The maximum atomic E-state index is 12.6. The smallest absolute Gasteiger partial charge is 0.321 e. The summed E-state index contributed by atoms with van der Waals surface area (Å²) in [5.41, 5.74) is 0.317. The molecule has 1 aromatic rings. The van der Waals surface area contributed by atoms with Crippen LogP contribution in [0.1, 0.15) is 39.5 Å². The number of piperidine rings is 1. The van der Waals surface area contributed by atoms with Gasteiger partial charge in [0.1, 0.15) is 6.54 Å². The summed E-state index contributed by atoms with van der Waals surface area (Å²) in [6, 6.07) is -0.0637. The molecule has 4 rings (SSSR count). The molecule has 3 aliphatic rings. The molecular weight excluding hydrogens is 358 g/mol. The molecule has 1 aliphatic carbocycles. The standard InChI is InChI=1S/C20H31N5O3/c1-20(2)14-24(8-9-28-20)18(26)13-25-12-17(10-21-25)22-19(27)23-7-3-4-16(11-23)15-5-6-15/h10,12,15-16H,3-9,11,13-14H2,1-2H3,(H,22,27). The van der Waals surface area contributed by atoms with Crippen molar-refractivity contribution in [2.24, 2.45) is 11.8 Å². The van der Waals surface area contributed by atoms with Crippen LogP contribution in [0.2, 0.25) is 0 Å². The Labute approximate surface area is 166 Å². The highest BCUT2D eigenvalue weighted by Crippen LogP contribution is 2.40. The summed E-state index contributed by atoms with van der Waals surface area (Å²) in [5, 5.41) is 7.18. The number of nitrogens with one attached hydrogen (secondary N) is 1. The van der Waals surface area contributed by atoms with E-state index >= 15 is 0 Å². The molecular formula is C20H31N5O3. The fraction of sp³-hybridized carbons (Fsp3) is 0.750. The zero-order valence-electron chi connectivity index (χ0n) is 16.9. The van der Waals surface area contributed by atoms with Crippen molar-refractivity contribution in [3.63, 3.8) is 0 Å². The molecule has 3 fully saturated rings. The summed E-state index contributed by atoms with van der Waals surface area (Å²) in [5.74, 6) is 1.51. The van der Waals surface area contributed by atoms with Crippen LogP contribution in [0.4, 0.5) is 10.5 Å². The number of hydrogen-bond donors (Lipinski definition) is 1. The third kappa shape index (κ3) is 4.66. The Kier molecular flexibility index (Phi) is 5.31. The van der Waals surface area contributed by atoms with Crippen LogP contribution in [0, 0.1) is 11.8 Å². The number of carbonyl (C=O) groups is 2. The lowest BCUT2D eigenvalue weighted by Crippen LogP contribution is -2.51. The highest BCUT2D eigenvalue weighted by Gasteiger charge is 2.35. The topological polar surface area (TPSA) is 79.7 Å². The largest absolute Gasteiger partial charge is 0.372 e. The first kappa shape index (κ1) is 19.2. The van der Waals surface area contributed by atoms with E-state index in [1.807, 2.05) is 23.6 Å². The quantitative estimate of drug-likeness (QED) is 0.856. The molecule has 0 aromatic carbocycles. The lowest BCUT2D eigenvalue weighted by Gasteiger charge is -2.38. The predicted octanol–water partition coefficient (Wildman–Crippen LogP) is 2.17. The van der Waals surface area contributed by atoms with Gasteiger partial charge in [0.25, 0.3) is 0 Å². The molecule has 154 valence electrons. The number of aromatic nitrogens is 2. The average Bonchev–Trinajstić information content (AvgIpc) is 3.43. The third-order valence-electron chi connectivity index (χ3n) is 5.99. The minimum Gasteiger partial charge on any atom is -0.372 e. The summed E-state index contributed by atoms with van der Waals surface area (Å²) in [6.45, 7) is 7.55. The van der Waals surface area contributed by atoms with E-state index < -0.39 is 0 Å². The second-order valence-electron chi connectivity index (χ2n) is 8.97. The minimum absolute atomic E-state index is 0.0145. The highest BCUT2D eigenvalue weighted by molar-refractivity contribution is 5.89. The van der Waals surface area contributed by atoms with Gasteiger partial charge in [-0.2, -0.15) is 5.10 Å². The molecule has 8 nitrogen and oxygen atoms in total. The van der Waals surface area contributed by atoms with Gasteiger partial charge in [-0.05, 0) is 51.4 Å². The summed E-state index contributed by atoms with van der Waals surface area (Å²) in [6.07, 6.45) is 8.30. The van der Waals surface area contributed by atoms with Gasteiger partial charge in [-0.1, -0.05) is 0 Å². The number of likely N-dealkylation sites (tertiary alicyclic amines) is 1. The molecule has 0 radical (unpaired) electrons. The molecule has 3 heterocycles. The van der Waals surface area contributed by atoms with Gasteiger partial charge in [-0.3, -0.25) is 9.48 Å². The number of amides is 3. The fourth-order valence-corrected chi connectivity index (χ4v) is 4.33. The Hall–Kier alpha value is -2.09. The summed E-state index contributed by atoms with van der Waals surface area (Å²) >= 11 is 0. The average molecular weight is 390 g/mol. The number of ether oxygens (including phenoxy) is 1. The first-order valence-corrected chi connectivity index (χ1v) is 10.4. The molecule has 0 bridgehead atoms. The van der Waals surface area contributed by atoms with Gasteiger partial charge in [0.05, 0.1) is 24.1 Å². The van der Waals surface area contributed by atoms with Crippen LogP contribution in [0.3, 0.4) is 0 Å². The van der Waals surface area contributed by atoms with Crippen molar-refractivity contribution < 1.29 is 14.3 Å². The van der Waals surface area contributed by atoms with Gasteiger partial charge in [-0.25, -0.2) is 4.79 Å². The van der Waals surface area contributed by atoms with Crippen molar-refractivity contribution >= 4 is 17.6 Å². The van der Waals surface area contributed by atoms with Crippen LogP contribution in [-0.4, -0.2) is 69.9 Å². The zero-order valence-corrected chi connectivity index (χ0v) is 16.9. The van der Waals surface area contributed by atoms with Crippen LogP contribution in [0.15, 0.2) is 12.4 Å². The number of urea groups is 1. The molecule has 1 aromatic heterocycles. The van der Waals surface area contributed by atoms with E-state index in [1.165, 1.54) is 19.3 Å². The SMILES string of the molecule is CC1(C)CN(C(=O)Cn2cc(NC(=O)N3CCCC(C4CC4)C3)cn2)CCO1. The van der Waals surface area contributed by atoms with Crippen LogP contribution < -0.4 is 5.32 Å². The maximum Gasteiger partial charge on any atom is 0.321 e. The van der Waals surface area contributed by atoms with Gasteiger partial charge in [0, 0.05) is 32.4 Å². The van der Waals surface area contributed by atoms with Gasteiger partial charge < -0.3 is 19.9 Å². The van der Waals surface area contributed by atoms with E-state index in [0.29, 0.717) is 31.3 Å². The Morgan fingerprint density at radius 2 is 2.04 bits per heavy atom. The van der Waals surface area contributed by atoms with Crippen molar-refractivity contribution in [3.05, 3.63) is 12.4 Å². The van der Waals surface area contributed by atoms with Gasteiger partial charge in [0.15, 0.2) is 0 Å². The summed E-state index contributed by atoms with van der Waals surface area (Å²) in [7, 11) is 0. The van der Waals surface area contributed by atoms with Crippen molar-refractivity contribution in [2.45, 2.75) is 51.7 Å². The molecule has 1 N–H and O–H groups in total. The number of morpholine rings is 1. The summed E-state index contributed by atoms with van der Waals surface area (Å²) in [4.78, 5) is 28.9. The van der Waals surface area contributed by atoms with Crippen molar-refractivity contribution in [2.75, 3.05) is 38.1 Å². The molecule has 3 amide bonds. The Bertz CT molecular complexity index is 727. The van der Waals surface area contributed by atoms with Crippen molar-refractivity contribution in [3.8, 4) is 0 Å². The summed E-state index contributed by atoms with van der Waals surface area (Å²) < 4.78 is 7.25. The van der Waals surface area contributed by atoms with E-state index in [1.54, 1.807) is 17.1 Å².